The number of carbonyl (C=O) groups is 1. The Bertz CT molecular complexity index is 431. The second-order valence-corrected chi connectivity index (χ2v) is 4.55. The molecule has 1 atom stereocenters. The SMILES string of the molecule is CCOc1ccc(NC(=O)[C@@H]2CCCN2)c(C)c1.Cl. The van der Waals surface area contributed by atoms with Crippen molar-refractivity contribution in [2.24, 2.45) is 0 Å². The molecule has 1 aliphatic rings. The zero-order valence-electron chi connectivity index (χ0n) is 11.4. The van der Waals surface area contributed by atoms with E-state index in [-0.39, 0.29) is 24.4 Å². The van der Waals surface area contributed by atoms with Crippen LogP contribution in [-0.2, 0) is 4.79 Å². The molecule has 19 heavy (non-hydrogen) atoms. The van der Waals surface area contributed by atoms with E-state index in [1.807, 2.05) is 32.0 Å². The maximum absolute atomic E-state index is 12.0. The topological polar surface area (TPSA) is 50.4 Å². The third-order valence-corrected chi connectivity index (χ3v) is 3.14. The summed E-state index contributed by atoms with van der Waals surface area (Å²) in [7, 11) is 0. The Morgan fingerprint density at radius 3 is 2.89 bits per heavy atom. The first-order valence-electron chi connectivity index (χ1n) is 6.48. The van der Waals surface area contributed by atoms with E-state index in [4.69, 9.17) is 4.74 Å². The fourth-order valence-electron chi connectivity index (χ4n) is 2.16. The van der Waals surface area contributed by atoms with Gasteiger partial charge in [-0.2, -0.15) is 0 Å². The van der Waals surface area contributed by atoms with Gasteiger partial charge in [-0.3, -0.25) is 4.79 Å². The molecule has 1 fully saturated rings. The summed E-state index contributed by atoms with van der Waals surface area (Å²) in [6.07, 6.45) is 1.99. The number of ether oxygens (including phenoxy) is 1. The van der Waals surface area contributed by atoms with Crippen LogP contribution in [0.5, 0.6) is 5.75 Å². The molecule has 0 bridgehead atoms. The monoisotopic (exact) mass is 284 g/mol. The summed E-state index contributed by atoms with van der Waals surface area (Å²) in [6, 6.07) is 5.68. The van der Waals surface area contributed by atoms with Gasteiger partial charge in [-0.15, -0.1) is 12.4 Å². The highest BCUT2D eigenvalue weighted by Crippen LogP contribution is 2.22. The quantitative estimate of drug-likeness (QED) is 0.893. The molecule has 2 rings (SSSR count). The number of benzene rings is 1. The molecule has 0 radical (unpaired) electrons. The normalized spacial score (nSPS) is 17.7. The van der Waals surface area contributed by atoms with Gasteiger partial charge in [-0.05, 0) is 57.0 Å². The van der Waals surface area contributed by atoms with E-state index >= 15 is 0 Å². The van der Waals surface area contributed by atoms with Crippen LogP contribution in [0, 0.1) is 6.92 Å². The Morgan fingerprint density at radius 1 is 1.53 bits per heavy atom. The van der Waals surface area contributed by atoms with Crippen molar-refractivity contribution in [3.8, 4) is 5.75 Å². The average Bonchev–Trinajstić information content (AvgIpc) is 2.86. The number of halogens is 1. The molecule has 1 aromatic carbocycles. The molecule has 1 heterocycles. The minimum atomic E-state index is -0.0454. The molecule has 2 N–H and O–H groups in total. The molecular weight excluding hydrogens is 264 g/mol. The zero-order chi connectivity index (χ0) is 13.0. The summed E-state index contributed by atoms with van der Waals surface area (Å²) >= 11 is 0. The maximum Gasteiger partial charge on any atom is 0.241 e. The number of hydrogen-bond acceptors (Lipinski definition) is 3. The van der Waals surface area contributed by atoms with Crippen molar-refractivity contribution < 1.29 is 9.53 Å². The Labute approximate surface area is 120 Å². The number of amides is 1. The standard InChI is InChI=1S/C14H20N2O2.ClH/c1-3-18-11-6-7-12(10(2)9-11)16-14(17)13-5-4-8-15-13;/h6-7,9,13,15H,3-5,8H2,1-2H3,(H,16,17);1H/t13-;/m0./s1. The van der Waals surface area contributed by atoms with E-state index in [2.05, 4.69) is 10.6 Å². The van der Waals surface area contributed by atoms with Crippen LogP contribution in [-0.4, -0.2) is 25.1 Å². The third-order valence-electron chi connectivity index (χ3n) is 3.14. The van der Waals surface area contributed by atoms with Gasteiger partial charge in [0.15, 0.2) is 0 Å². The van der Waals surface area contributed by atoms with Crippen molar-refractivity contribution in [3.05, 3.63) is 23.8 Å². The molecule has 4 nitrogen and oxygen atoms in total. The molecule has 106 valence electrons. The number of hydrogen-bond donors (Lipinski definition) is 2. The number of anilines is 1. The first-order chi connectivity index (χ1) is 8.70. The van der Waals surface area contributed by atoms with Crippen molar-refractivity contribution >= 4 is 24.0 Å². The first kappa shape index (κ1) is 15.8. The largest absolute Gasteiger partial charge is 0.494 e. The zero-order valence-corrected chi connectivity index (χ0v) is 12.2. The third kappa shape index (κ3) is 4.11. The molecule has 1 aliphatic heterocycles. The van der Waals surface area contributed by atoms with Crippen LogP contribution in [0.3, 0.4) is 0 Å². The summed E-state index contributed by atoms with van der Waals surface area (Å²) in [5.41, 5.74) is 1.88. The fourth-order valence-corrected chi connectivity index (χ4v) is 2.16. The van der Waals surface area contributed by atoms with Gasteiger partial charge in [0.25, 0.3) is 0 Å². The van der Waals surface area contributed by atoms with Crippen LogP contribution in [0.4, 0.5) is 5.69 Å². The lowest BCUT2D eigenvalue weighted by atomic mass is 10.1. The van der Waals surface area contributed by atoms with Gasteiger partial charge in [-0.1, -0.05) is 0 Å². The molecule has 5 heteroatoms. The highest BCUT2D eigenvalue weighted by atomic mass is 35.5. The molecular formula is C14H21ClN2O2. The second kappa shape index (κ2) is 7.36. The Hall–Kier alpha value is -1.26. The van der Waals surface area contributed by atoms with Gasteiger partial charge >= 0.3 is 0 Å². The average molecular weight is 285 g/mol. The van der Waals surface area contributed by atoms with Crippen molar-refractivity contribution in [2.45, 2.75) is 32.7 Å². The highest BCUT2D eigenvalue weighted by molar-refractivity contribution is 5.95. The molecule has 1 aromatic rings. The van der Waals surface area contributed by atoms with E-state index in [0.717, 1.165) is 36.4 Å². The van der Waals surface area contributed by atoms with Crippen molar-refractivity contribution in [2.75, 3.05) is 18.5 Å². The van der Waals surface area contributed by atoms with Crippen LogP contribution in [0.2, 0.25) is 0 Å². The van der Waals surface area contributed by atoms with Crippen molar-refractivity contribution in [1.82, 2.24) is 5.32 Å². The van der Waals surface area contributed by atoms with Crippen LogP contribution >= 0.6 is 12.4 Å². The van der Waals surface area contributed by atoms with E-state index < -0.39 is 0 Å². The lowest BCUT2D eigenvalue weighted by Gasteiger charge is -2.14. The van der Waals surface area contributed by atoms with E-state index in [1.165, 1.54) is 0 Å². The highest BCUT2D eigenvalue weighted by Gasteiger charge is 2.22. The lowest BCUT2D eigenvalue weighted by Crippen LogP contribution is -2.35. The van der Waals surface area contributed by atoms with E-state index in [9.17, 15) is 4.79 Å². The lowest BCUT2D eigenvalue weighted by molar-refractivity contribution is -0.117. The number of rotatable bonds is 4. The summed E-state index contributed by atoms with van der Waals surface area (Å²) in [6.45, 7) is 5.51. The summed E-state index contributed by atoms with van der Waals surface area (Å²) < 4.78 is 5.42. The molecule has 1 amide bonds. The van der Waals surface area contributed by atoms with Crippen LogP contribution in [0.1, 0.15) is 25.3 Å². The predicted octanol–water partition coefficient (Wildman–Crippen LogP) is 2.51. The van der Waals surface area contributed by atoms with Gasteiger partial charge in [0.05, 0.1) is 12.6 Å². The minimum Gasteiger partial charge on any atom is -0.494 e. The number of aryl methyl sites for hydroxylation is 1. The predicted molar refractivity (Wildman–Crippen MR) is 79.3 cm³/mol. The van der Waals surface area contributed by atoms with Gasteiger partial charge in [0.2, 0.25) is 5.91 Å². The Morgan fingerprint density at radius 2 is 2.32 bits per heavy atom. The summed E-state index contributed by atoms with van der Waals surface area (Å²) in [5, 5.41) is 6.16. The second-order valence-electron chi connectivity index (χ2n) is 4.55. The number of carbonyl (C=O) groups excluding carboxylic acids is 1. The van der Waals surface area contributed by atoms with Gasteiger partial charge in [0, 0.05) is 5.69 Å². The first-order valence-corrected chi connectivity index (χ1v) is 6.48. The van der Waals surface area contributed by atoms with Gasteiger partial charge in [0.1, 0.15) is 5.75 Å². The van der Waals surface area contributed by atoms with E-state index in [1.54, 1.807) is 0 Å². The van der Waals surface area contributed by atoms with Gasteiger partial charge in [-0.25, -0.2) is 0 Å². The van der Waals surface area contributed by atoms with Crippen molar-refractivity contribution in [3.63, 3.8) is 0 Å². The Balaban J connectivity index is 0.00000180. The van der Waals surface area contributed by atoms with Crippen LogP contribution < -0.4 is 15.4 Å². The molecule has 0 aromatic heterocycles. The van der Waals surface area contributed by atoms with E-state index in [0.29, 0.717) is 6.61 Å². The van der Waals surface area contributed by atoms with Crippen molar-refractivity contribution in [1.29, 1.82) is 0 Å². The molecule has 0 unspecified atom stereocenters. The molecule has 1 saturated heterocycles. The fraction of sp³-hybridized carbons (Fsp3) is 0.500. The Kier molecular flexibility index (Phi) is 6.12. The minimum absolute atomic E-state index is 0. The molecule has 0 saturated carbocycles. The maximum atomic E-state index is 12.0. The van der Waals surface area contributed by atoms with Crippen LogP contribution in [0.15, 0.2) is 18.2 Å². The number of nitrogens with one attached hydrogen (secondary N) is 2. The van der Waals surface area contributed by atoms with Gasteiger partial charge < -0.3 is 15.4 Å². The van der Waals surface area contributed by atoms with Crippen LogP contribution in [0.25, 0.3) is 0 Å². The summed E-state index contributed by atoms with van der Waals surface area (Å²) in [5.74, 6) is 0.895. The summed E-state index contributed by atoms with van der Waals surface area (Å²) in [4.78, 5) is 12.0. The smallest absolute Gasteiger partial charge is 0.241 e. The molecule has 0 spiro atoms. The molecule has 0 aliphatic carbocycles.